The van der Waals surface area contributed by atoms with Gasteiger partial charge in [-0.2, -0.15) is 0 Å². The van der Waals surface area contributed by atoms with Gasteiger partial charge in [0, 0.05) is 11.3 Å². The second-order valence-corrected chi connectivity index (χ2v) is 4.32. The molecule has 2 N–H and O–H groups in total. The number of carbonyl (C=O) groups excluding carboxylic acids is 1. The van der Waals surface area contributed by atoms with Crippen LogP contribution >= 0.6 is 0 Å². The molecule has 3 nitrogen and oxygen atoms in total. The van der Waals surface area contributed by atoms with Crippen LogP contribution in [0, 0.1) is 13.8 Å². The van der Waals surface area contributed by atoms with E-state index in [2.05, 4.69) is 5.32 Å². The molecule has 0 spiro atoms. The molecule has 0 aliphatic rings. The van der Waals surface area contributed by atoms with Crippen LogP contribution in [0.4, 0.5) is 5.69 Å². The lowest BCUT2D eigenvalue weighted by Crippen LogP contribution is -2.13. The molecule has 0 bridgehead atoms. The first-order chi connectivity index (χ1) is 8.56. The van der Waals surface area contributed by atoms with Crippen molar-refractivity contribution >= 4 is 11.6 Å². The molecule has 0 radical (unpaired) electrons. The molecule has 0 unspecified atom stereocenters. The Morgan fingerprint density at radius 3 is 2.39 bits per heavy atom. The van der Waals surface area contributed by atoms with E-state index >= 15 is 0 Å². The fourth-order valence-corrected chi connectivity index (χ4v) is 1.72. The largest absolute Gasteiger partial charge is 0.508 e. The minimum Gasteiger partial charge on any atom is -0.508 e. The number of phenols is 1. The maximum absolute atomic E-state index is 12.1. The number of anilines is 1. The van der Waals surface area contributed by atoms with Gasteiger partial charge in [-0.15, -0.1) is 0 Å². The molecule has 3 heteroatoms. The SMILES string of the molecule is Cc1ccc(C)c(C(=O)Nc2ccc(O)cc2)c1. The standard InChI is InChI=1S/C15H15NO2/c1-10-3-4-11(2)14(9-10)15(18)16-12-5-7-13(17)8-6-12/h3-9,17H,1-2H3,(H,16,18). The summed E-state index contributed by atoms with van der Waals surface area (Å²) in [7, 11) is 0. The summed E-state index contributed by atoms with van der Waals surface area (Å²) in [5.74, 6) is 0.0432. The summed E-state index contributed by atoms with van der Waals surface area (Å²) in [4.78, 5) is 12.1. The number of aromatic hydroxyl groups is 1. The Labute approximate surface area is 106 Å². The smallest absolute Gasteiger partial charge is 0.255 e. The van der Waals surface area contributed by atoms with Crippen LogP contribution in [-0.4, -0.2) is 11.0 Å². The Balaban J connectivity index is 2.21. The maximum Gasteiger partial charge on any atom is 0.255 e. The van der Waals surface area contributed by atoms with Crippen LogP contribution in [0.15, 0.2) is 42.5 Å². The fourth-order valence-electron chi connectivity index (χ4n) is 1.72. The second-order valence-electron chi connectivity index (χ2n) is 4.32. The minimum atomic E-state index is -0.137. The number of amides is 1. The lowest BCUT2D eigenvalue weighted by molar-refractivity contribution is 0.102. The highest BCUT2D eigenvalue weighted by Gasteiger charge is 2.09. The summed E-state index contributed by atoms with van der Waals surface area (Å²) in [6, 6.07) is 12.2. The molecular weight excluding hydrogens is 226 g/mol. The number of rotatable bonds is 2. The average molecular weight is 241 g/mol. The van der Waals surface area contributed by atoms with Gasteiger partial charge in [-0.3, -0.25) is 4.79 Å². The quantitative estimate of drug-likeness (QED) is 0.793. The summed E-state index contributed by atoms with van der Waals surface area (Å²) in [5.41, 5.74) is 3.33. The Hall–Kier alpha value is -2.29. The van der Waals surface area contributed by atoms with E-state index in [-0.39, 0.29) is 11.7 Å². The van der Waals surface area contributed by atoms with E-state index in [4.69, 9.17) is 0 Å². The van der Waals surface area contributed by atoms with Crippen molar-refractivity contribution in [2.75, 3.05) is 5.32 Å². The molecule has 0 saturated heterocycles. The van der Waals surface area contributed by atoms with Crippen LogP contribution in [0.3, 0.4) is 0 Å². The predicted molar refractivity (Wildman–Crippen MR) is 72.0 cm³/mol. The first-order valence-corrected chi connectivity index (χ1v) is 5.74. The van der Waals surface area contributed by atoms with Crippen molar-refractivity contribution in [3.05, 3.63) is 59.2 Å². The number of nitrogens with one attached hydrogen (secondary N) is 1. The predicted octanol–water partition coefficient (Wildman–Crippen LogP) is 3.26. The van der Waals surface area contributed by atoms with Crippen molar-refractivity contribution in [1.82, 2.24) is 0 Å². The van der Waals surface area contributed by atoms with Crippen LogP contribution in [-0.2, 0) is 0 Å². The van der Waals surface area contributed by atoms with Gasteiger partial charge >= 0.3 is 0 Å². The van der Waals surface area contributed by atoms with Gasteiger partial charge < -0.3 is 10.4 Å². The number of phenolic OH excluding ortho intramolecular Hbond substituents is 1. The summed E-state index contributed by atoms with van der Waals surface area (Å²) < 4.78 is 0. The van der Waals surface area contributed by atoms with Crippen LogP contribution < -0.4 is 5.32 Å². The van der Waals surface area contributed by atoms with E-state index in [1.807, 2.05) is 32.0 Å². The fraction of sp³-hybridized carbons (Fsp3) is 0.133. The van der Waals surface area contributed by atoms with E-state index in [0.29, 0.717) is 11.3 Å². The van der Waals surface area contributed by atoms with E-state index in [1.165, 1.54) is 0 Å². The van der Waals surface area contributed by atoms with Crippen molar-refractivity contribution < 1.29 is 9.90 Å². The zero-order valence-electron chi connectivity index (χ0n) is 10.4. The molecule has 18 heavy (non-hydrogen) atoms. The summed E-state index contributed by atoms with van der Waals surface area (Å²) >= 11 is 0. The van der Waals surface area contributed by atoms with E-state index in [1.54, 1.807) is 24.3 Å². The number of hydrogen-bond acceptors (Lipinski definition) is 2. The molecule has 0 saturated carbocycles. The van der Waals surface area contributed by atoms with Crippen LogP contribution in [0.5, 0.6) is 5.75 Å². The van der Waals surface area contributed by atoms with E-state index in [0.717, 1.165) is 11.1 Å². The normalized spacial score (nSPS) is 10.1. The maximum atomic E-state index is 12.1. The summed E-state index contributed by atoms with van der Waals surface area (Å²) in [6.07, 6.45) is 0. The first-order valence-electron chi connectivity index (χ1n) is 5.74. The first kappa shape index (κ1) is 12.2. The molecule has 0 heterocycles. The summed E-state index contributed by atoms with van der Waals surface area (Å²) in [5, 5.41) is 12.0. The number of hydrogen-bond donors (Lipinski definition) is 2. The number of carbonyl (C=O) groups is 1. The molecule has 0 atom stereocenters. The van der Waals surface area contributed by atoms with E-state index < -0.39 is 0 Å². The molecule has 92 valence electrons. The molecule has 0 aliphatic heterocycles. The average Bonchev–Trinajstić information content (AvgIpc) is 2.35. The van der Waals surface area contributed by atoms with Crippen molar-refractivity contribution in [3.63, 3.8) is 0 Å². The molecule has 2 aromatic rings. The van der Waals surface area contributed by atoms with Gasteiger partial charge in [-0.25, -0.2) is 0 Å². The third-order valence-corrected chi connectivity index (χ3v) is 2.76. The zero-order chi connectivity index (χ0) is 13.1. The molecule has 2 rings (SSSR count). The van der Waals surface area contributed by atoms with Crippen molar-refractivity contribution in [3.8, 4) is 5.75 Å². The van der Waals surface area contributed by atoms with Gasteiger partial charge in [0.25, 0.3) is 5.91 Å². The van der Waals surface area contributed by atoms with Gasteiger partial charge in [0.1, 0.15) is 5.75 Å². The lowest BCUT2D eigenvalue weighted by atomic mass is 10.1. The molecule has 0 aromatic heterocycles. The zero-order valence-corrected chi connectivity index (χ0v) is 10.4. The third kappa shape index (κ3) is 2.69. The van der Waals surface area contributed by atoms with Gasteiger partial charge in [0.15, 0.2) is 0 Å². The number of aryl methyl sites for hydroxylation is 2. The highest BCUT2D eigenvalue weighted by Crippen LogP contribution is 2.16. The van der Waals surface area contributed by atoms with Gasteiger partial charge in [0.2, 0.25) is 0 Å². The van der Waals surface area contributed by atoms with Crippen molar-refractivity contribution in [2.24, 2.45) is 0 Å². The van der Waals surface area contributed by atoms with Gasteiger partial charge in [0.05, 0.1) is 0 Å². The van der Waals surface area contributed by atoms with Crippen molar-refractivity contribution in [1.29, 1.82) is 0 Å². The van der Waals surface area contributed by atoms with Crippen molar-refractivity contribution in [2.45, 2.75) is 13.8 Å². The Morgan fingerprint density at radius 2 is 1.72 bits per heavy atom. The molecule has 0 fully saturated rings. The molecular formula is C15H15NO2. The lowest BCUT2D eigenvalue weighted by Gasteiger charge is -2.08. The number of benzene rings is 2. The monoisotopic (exact) mass is 241 g/mol. The molecule has 2 aromatic carbocycles. The van der Waals surface area contributed by atoms with Crippen LogP contribution in [0.1, 0.15) is 21.5 Å². The van der Waals surface area contributed by atoms with Crippen LogP contribution in [0.25, 0.3) is 0 Å². The topological polar surface area (TPSA) is 49.3 Å². The van der Waals surface area contributed by atoms with Gasteiger partial charge in [-0.05, 0) is 49.7 Å². The Kier molecular flexibility index (Phi) is 3.33. The third-order valence-electron chi connectivity index (χ3n) is 2.76. The highest BCUT2D eigenvalue weighted by molar-refractivity contribution is 6.05. The van der Waals surface area contributed by atoms with Gasteiger partial charge in [-0.1, -0.05) is 17.7 Å². The molecule has 1 amide bonds. The highest BCUT2D eigenvalue weighted by atomic mass is 16.3. The Morgan fingerprint density at radius 1 is 1.06 bits per heavy atom. The Bertz CT molecular complexity index is 574. The molecule has 0 aliphatic carbocycles. The minimum absolute atomic E-state index is 0.137. The second kappa shape index (κ2) is 4.92. The van der Waals surface area contributed by atoms with E-state index in [9.17, 15) is 9.90 Å². The summed E-state index contributed by atoms with van der Waals surface area (Å²) in [6.45, 7) is 3.86. The van der Waals surface area contributed by atoms with Crippen LogP contribution in [0.2, 0.25) is 0 Å².